The van der Waals surface area contributed by atoms with Crippen molar-refractivity contribution in [3.63, 3.8) is 0 Å². The van der Waals surface area contributed by atoms with Gasteiger partial charge in [0.15, 0.2) is 0 Å². The maximum absolute atomic E-state index is 6.01. The molecule has 0 aliphatic carbocycles. The monoisotopic (exact) mass is 411 g/mol. The predicted octanol–water partition coefficient (Wildman–Crippen LogP) is 4.43. The number of nitrogens with zero attached hydrogens (tertiary/aromatic N) is 5. The van der Waals surface area contributed by atoms with E-state index in [9.17, 15) is 0 Å². The molecule has 0 N–H and O–H groups in total. The fraction of sp³-hybridized carbons (Fsp3) is 0.240. The molecule has 156 valence electrons. The quantitative estimate of drug-likeness (QED) is 0.484. The molecule has 3 heterocycles. The van der Waals surface area contributed by atoms with Gasteiger partial charge in [-0.15, -0.1) is 0 Å². The molecule has 5 rings (SSSR count). The average Bonchev–Trinajstić information content (AvgIpc) is 3.21. The van der Waals surface area contributed by atoms with Gasteiger partial charge >= 0.3 is 0 Å². The van der Waals surface area contributed by atoms with Crippen LogP contribution < -0.4 is 4.90 Å². The lowest BCUT2D eigenvalue weighted by atomic mass is 10.0. The number of oxazole rings is 1. The molecule has 6 nitrogen and oxygen atoms in total. The lowest BCUT2D eigenvalue weighted by Gasteiger charge is -2.34. The highest BCUT2D eigenvalue weighted by Gasteiger charge is 2.21. The molecule has 0 bridgehead atoms. The molecule has 0 spiro atoms. The maximum Gasteiger partial charge on any atom is 0.226 e. The van der Waals surface area contributed by atoms with Crippen LogP contribution in [-0.4, -0.2) is 46.0 Å². The van der Waals surface area contributed by atoms with E-state index < -0.39 is 0 Å². The minimum Gasteiger partial charge on any atom is -0.441 e. The zero-order chi connectivity index (χ0) is 21.0. The standard InChI is InChI=1S/C25H25N5O/c1-19-23(18-29-13-15-30(16-14-29)24-17-26-11-12-27-24)28-25(31-19)22-9-7-21(8-10-22)20-5-3-2-4-6-20/h2-12,17H,13-16,18H2,1H3. The molecule has 1 saturated heterocycles. The van der Waals surface area contributed by atoms with E-state index >= 15 is 0 Å². The summed E-state index contributed by atoms with van der Waals surface area (Å²) in [5.74, 6) is 2.52. The largest absolute Gasteiger partial charge is 0.441 e. The van der Waals surface area contributed by atoms with Gasteiger partial charge in [0, 0.05) is 50.7 Å². The number of piperazine rings is 1. The van der Waals surface area contributed by atoms with Crippen LogP contribution in [0.1, 0.15) is 11.5 Å². The van der Waals surface area contributed by atoms with Crippen LogP contribution in [0.2, 0.25) is 0 Å². The van der Waals surface area contributed by atoms with Crippen molar-refractivity contribution in [2.45, 2.75) is 13.5 Å². The van der Waals surface area contributed by atoms with Crippen LogP contribution in [0.5, 0.6) is 0 Å². The number of rotatable bonds is 5. The lowest BCUT2D eigenvalue weighted by molar-refractivity contribution is 0.245. The van der Waals surface area contributed by atoms with Gasteiger partial charge in [0.05, 0.1) is 11.9 Å². The highest BCUT2D eigenvalue weighted by atomic mass is 16.4. The van der Waals surface area contributed by atoms with Gasteiger partial charge in [0.2, 0.25) is 5.89 Å². The van der Waals surface area contributed by atoms with Crippen LogP contribution in [0, 0.1) is 6.92 Å². The summed E-state index contributed by atoms with van der Waals surface area (Å²) in [7, 11) is 0. The third-order valence-corrected chi connectivity index (χ3v) is 5.75. The van der Waals surface area contributed by atoms with E-state index in [1.807, 2.05) is 19.2 Å². The van der Waals surface area contributed by atoms with Crippen LogP contribution in [0.3, 0.4) is 0 Å². The minimum absolute atomic E-state index is 0.685. The van der Waals surface area contributed by atoms with E-state index in [0.29, 0.717) is 5.89 Å². The zero-order valence-electron chi connectivity index (χ0n) is 17.6. The molecule has 1 aliphatic rings. The summed E-state index contributed by atoms with van der Waals surface area (Å²) in [5.41, 5.74) is 4.41. The first-order chi connectivity index (χ1) is 15.3. The Morgan fingerprint density at radius 3 is 2.26 bits per heavy atom. The first-order valence-electron chi connectivity index (χ1n) is 10.6. The number of hydrogen-bond acceptors (Lipinski definition) is 6. The molecule has 6 heteroatoms. The number of aryl methyl sites for hydroxylation is 1. The van der Waals surface area contributed by atoms with E-state index in [4.69, 9.17) is 9.40 Å². The molecule has 1 fully saturated rings. The highest BCUT2D eigenvalue weighted by Crippen LogP contribution is 2.26. The molecule has 1 aliphatic heterocycles. The van der Waals surface area contributed by atoms with Crippen molar-refractivity contribution < 1.29 is 4.42 Å². The van der Waals surface area contributed by atoms with Gasteiger partial charge in [-0.25, -0.2) is 9.97 Å². The second-order valence-electron chi connectivity index (χ2n) is 7.79. The van der Waals surface area contributed by atoms with Crippen molar-refractivity contribution in [3.05, 3.63) is 84.6 Å². The van der Waals surface area contributed by atoms with Crippen molar-refractivity contribution in [2.24, 2.45) is 0 Å². The number of hydrogen-bond donors (Lipinski definition) is 0. The van der Waals surface area contributed by atoms with Crippen LogP contribution in [0.15, 0.2) is 77.6 Å². The van der Waals surface area contributed by atoms with Gasteiger partial charge in [0.25, 0.3) is 0 Å². The molecule has 2 aromatic carbocycles. The van der Waals surface area contributed by atoms with E-state index in [1.165, 1.54) is 11.1 Å². The molecule has 0 amide bonds. The van der Waals surface area contributed by atoms with Gasteiger partial charge in [-0.05, 0) is 30.2 Å². The van der Waals surface area contributed by atoms with Crippen molar-refractivity contribution in [2.75, 3.05) is 31.1 Å². The Balaban J connectivity index is 1.24. The van der Waals surface area contributed by atoms with Gasteiger partial charge in [-0.3, -0.25) is 9.88 Å². The van der Waals surface area contributed by atoms with Gasteiger partial charge < -0.3 is 9.32 Å². The maximum atomic E-state index is 6.01. The predicted molar refractivity (Wildman–Crippen MR) is 122 cm³/mol. The summed E-state index contributed by atoms with van der Waals surface area (Å²) in [6, 6.07) is 18.8. The topological polar surface area (TPSA) is 58.3 Å². The van der Waals surface area contributed by atoms with Gasteiger partial charge in [-0.1, -0.05) is 42.5 Å². The highest BCUT2D eigenvalue weighted by molar-refractivity contribution is 5.67. The lowest BCUT2D eigenvalue weighted by Crippen LogP contribution is -2.46. The van der Waals surface area contributed by atoms with E-state index in [-0.39, 0.29) is 0 Å². The molecule has 0 unspecified atom stereocenters. The third-order valence-electron chi connectivity index (χ3n) is 5.75. The molecular weight excluding hydrogens is 386 g/mol. The second kappa shape index (κ2) is 8.70. The number of anilines is 1. The SMILES string of the molecule is Cc1oc(-c2ccc(-c3ccccc3)cc2)nc1CN1CCN(c2cnccn2)CC1. The Labute approximate surface area is 182 Å². The summed E-state index contributed by atoms with van der Waals surface area (Å²) in [4.78, 5) is 18.1. The van der Waals surface area contributed by atoms with E-state index in [0.717, 1.165) is 55.6 Å². The molecule has 0 saturated carbocycles. The first-order valence-corrected chi connectivity index (χ1v) is 10.6. The Kier molecular flexibility index (Phi) is 5.46. The zero-order valence-corrected chi connectivity index (χ0v) is 17.6. The van der Waals surface area contributed by atoms with Crippen LogP contribution in [0.25, 0.3) is 22.6 Å². The van der Waals surface area contributed by atoms with Crippen LogP contribution >= 0.6 is 0 Å². The van der Waals surface area contributed by atoms with Gasteiger partial charge in [0.1, 0.15) is 11.6 Å². The van der Waals surface area contributed by atoms with Crippen molar-refractivity contribution in [1.82, 2.24) is 19.9 Å². The fourth-order valence-electron chi connectivity index (χ4n) is 3.94. The van der Waals surface area contributed by atoms with Crippen molar-refractivity contribution >= 4 is 5.82 Å². The average molecular weight is 412 g/mol. The van der Waals surface area contributed by atoms with Crippen LogP contribution in [-0.2, 0) is 6.54 Å². The van der Waals surface area contributed by atoms with Crippen LogP contribution in [0.4, 0.5) is 5.82 Å². The molecular formula is C25H25N5O. The number of benzene rings is 2. The van der Waals surface area contributed by atoms with E-state index in [2.05, 4.69) is 68.3 Å². The fourth-order valence-corrected chi connectivity index (χ4v) is 3.94. The summed E-state index contributed by atoms with van der Waals surface area (Å²) in [6.45, 7) is 6.59. The summed E-state index contributed by atoms with van der Waals surface area (Å²) < 4.78 is 6.01. The molecule has 31 heavy (non-hydrogen) atoms. The first kappa shape index (κ1) is 19.5. The van der Waals surface area contributed by atoms with Crippen molar-refractivity contribution in [1.29, 1.82) is 0 Å². The van der Waals surface area contributed by atoms with E-state index in [1.54, 1.807) is 12.4 Å². The van der Waals surface area contributed by atoms with Gasteiger partial charge in [-0.2, -0.15) is 0 Å². The molecule has 2 aromatic heterocycles. The Morgan fingerprint density at radius 1 is 0.839 bits per heavy atom. The Morgan fingerprint density at radius 2 is 1.55 bits per heavy atom. The second-order valence-corrected chi connectivity index (χ2v) is 7.79. The Hall–Kier alpha value is -3.51. The summed E-state index contributed by atoms with van der Waals surface area (Å²) >= 11 is 0. The summed E-state index contributed by atoms with van der Waals surface area (Å²) in [5, 5.41) is 0. The Bertz CT molecular complexity index is 1120. The summed E-state index contributed by atoms with van der Waals surface area (Å²) in [6.07, 6.45) is 5.28. The molecule has 0 atom stereocenters. The minimum atomic E-state index is 0.685. The normalized spacial score (nSPS) is 14.7. The molecule has 4 aromatic rings. The molecule has 0 radical (unpaired) electrons. The van der Waals surface area contributed by atoms with Crippen molar-refractivity contribution in [3.8, 4) is 22.6 Å². The smallest absolute Gasteiger partial charge is 0.226 e. The third kappa shape index (κ3) is 4.34. The number of aromatic nitrogens is 3.